The van der Waals surface area contributed by atoms with Crippen LogP contribution in [0.15, 0.2) is 70.1 Å². The lowest BCUT2D eigenvalue weighted by atomic mass is 9.68. The van der Waals surface area contributed by atoms with Gasteiger partial charge in [0.15, 0.2) is 0 Å². The van der Waals surface area contributed by atoms with Gasteiger partial charge in [-0.25, -0.2) is 0 Å². The molecule has 2 aromatic carbocycles. The fourth-order valence-corrected chi connectivity index (χ4v) is 8.65. The molecule has 0 saturated heterocycles. The third-order valence-corrected chi connectivity index (χ3v) is 12.8. The first kappa shape index (κ1) is 41.7. The van der Waals surface area contributed by atoms with Crippen LogP contribution in [0.1, 0.15) is 63.1 Å². The van der Waals surface area contributed by atoms with E-state index in [1.165, 1.54) is 31.4 Å². The van der Waals surface area contributed by atoms with E-state index >= 15 is 0 Å². The molecule has 18 heteroatoms. The number of aryl methyl sites for hydroxylation is 1. The van der Waals surface area contributed by atoms with Gasteiger partial charge in [-0.1, -0.05) is 32.1 Å². The van der Waals surface area contributed by atoms with Crippen molar-refractivity contribution < 1.29 is 56.6 Å². The van der Waals surface area contributed by atoms with Gasteiger partial charge in [-0.05, 0) is 104 Å². The minimum absolute atomic E-state index is 0.00959. The molecule has 3 rings (SSSR count). The van der Waals surface area contributed by atoms with Crippen molar-refractivity contribution >= 4 is 46.2 Å². The van der Waals surface area contributed by atoms with Crippen LogP contribution in [0.4, 0.5) is 5.69 Å². The summed E-state index contributed by atoms with van der Waals surface area (Å²) in [4.78, 5) is 1.21. The summed E-state index contributed by atoms with van der Waals surface area (Å²) in [5, 5.41) is 0. The second kappa shape index (κ2) is 15.5. The van der Waals surface area contributed by atoms with Crippen molar-refractivity contribution in [2.24, 2.45) is 5.92 Å². The quantitative estimate of drug-likeness (QED) is 0.161. The summed E-state index contributed by atoms with van der Waals surface area (Å²) < 4.78 is 138. The molecule has 4 N–H and O–H groups in total. The van der Waals surface area contributed by atoms with Crippen LogP contribution < -0.4 is 4.90 Å². The van der Waals surface area contributed by atoms with E-state index in [9.17, 15) is 51.9 Å². The van der Waals surface area contributed by atoms with Gasteiger partial charge in [0, 0.05) is 30.5 Å². The Morgan fingerprint density at radius 2 is 1.44 bits per heavy atom. The van der Waals surface area contributed by atoms with Crippen LogP contribution in [0, 0.1) is 12.8 Å². The molecule has 1 heterocycles. The molecule has 0 aliphatic carbocycles. The van der Waals surface area contributed by atoms with E-state index in [1.54, 1.807) is 38.1 Å². The Morgan fingerprint density at radius 1 is 0.880 bits per heavy atom. The molecule has 280 valence electrons. The molecule has 2 aromatic rings. The molecule has 0 fully saturated rings. The van der Waals surface area contributed by atoms with Gasteiger partial charge in [0.2, 0.25) is 0 Å². The third-order valence-electron chi connectivity index (χ3n) is 9.48. The molecule has 14 nitrogen and oxygen atoms in total. The lowest BCUT2D eigenvalue weighted by Crippen LogP contribution is -2.32. The Labute approximate surface area is 295 Å². The van der Waals surface area contributed by atoms with E-state index in [4.69, 9.17) is 4.74 Å². The number of nitrogens with zero attached hydrogens (tertiary/aromatic N) is 1. The summed E-state index contributed by atoms with van der Waals surface area (Å²) in [6, 6.07) is 8.29. The first-order valence-electron chi connectivity index (χ1n) is 15.6. The van der Waals surface area contributed by atoms with Crippen LogP contribution in [-0.4, -0.2) is 83.6 Å². The fourth-order valence-electron chi connectivity index (χ4n) is 6.62. The van der Waals surface area contributed by atoms with E-state index in [2.05, 4.69) is 0 Å². The number of anilines is 1. The van der Waals surface area contributed by atoms with Gasteiger partial charge in [0.25, 0.3) is 40.5 Å². The van der Waals surface area contributed by atoms with E-state index < -0.39 is 68.7 Å². The topological polar surface area (TPSA) is 230 Å². The Hall–Kier alpha value is -2.68. The van der Waals surface area contributed by atoms with E-state index in [0.29, 0.717) is 34.6 Å². The Balaban J connectivity index is 2.19. The maximum atomic E-state index is 12.1. The number of rotatable bonds is 17. The third kappa shape index (κ3) is 10.2. The standard InChI is InChI=1S/C32H45NO13S4/c1-23-11-12-25(49(40,41)42)21-27(23)31(3,15-7-19-47(34,35)36)24(2)9-6-10-30-32(4,16-8-20-48(37,38)39)28-22-26(50(43,44)45)13-14-29(28)33(30)17-18-46-5/h6,9-14,21-22,24H,7-8,15-20H2,1-5H3,(H,34,35,36)(H,37,38,39)(H,40,41,42)(H,43,44,45)/b9-6+,30-10+. The molecule has 0 aromatic heterocycles. The van der Waals surface area contributed by atoms with Crippen LogP contribution in [0.3, 0.4) is 0 Å². The molecule has 0 amide bonds. The first-order chi connectivity index (χ1) is 22.8. The monoisotopic (exact) mass is 779 g/mol. The van der Waals surface area contributed by atoms with E-state index in [1.807, 2.05) is 24.8 Å². The average Bonchev–Trinajstić information content (AvgIpc) is 3.20. The zero-order valence-electron chi connectivity index (χ0n) is 28.5. The van der Waals surface area contributed by atoms with Gasteiger partial charge in [0.05, 0.1) is 27.9 Å². The summed E-state index contributed by atoms with van der Waals surface area (Å²) >= 11 is 0. The van der Waals surface area contributed by atoms with Crippen molar-refractivity contribution in [3.05, 3.63) is 77.0 Å². The molecule has 0 radical (unpaired) electrons. The number of benzene rings is 2. The number of ether oxygens (including phenoxy) is 1. The largest absolute Gasteiger partial charge is 0.383 e. The molecule has 0 spiro atoms. The highest BCUT2D eigenvalue weighted by Crippen LogP contribution is 2.51. The second-order valence-corrected chi connectivity index (χ2v) is 19.0. The van der Waals surface area contributed by atoms with Crippen LogP contribution in [0.2, 0.25) is 0 Å². The highest BCUT2D eigenvalue weighted by molar-refractivity contribution is 7.86. The molecule has 0 bridgehead atoms. The maximum Gasteiger partial charge on any atom is 0.294 e. The van der Waals surface area contributed by atoms with Gasteiger partial charge >= 0.3 is 0 Å². The Morgan fingerprint density at radius 3 is 2.00 bits per heavy atom. The highest BCUT2D eigenvalue weighted by Gasteiger charge is 2.44. The molecule has 0 saturated carbocycles. The first-order valence-corrected chi connectivity index (χ1v) is 21.7. The van der Waals surface area contributed by atoms with Crippen LogP contribution in [0.5, 0.6) is 0 Å². The van der Waals surface area contributed by atoms with E-state index in [0.717, 1.165) is 0 Å². The normalized spacial score (nSPS) is 19.9. The molecule has 50 heavy (non-hydrogen) atoms. The molecule has 3 unspecified atom stereocenters. The predicted molar refractivity (Wildman–Crippen MR) is 189 cm³/mol. The van der Waals surface area contributed by atoms with Crippen molar-refractivity contribution in [3.63, 3.8) is 0 Å². The SMILES string of the molecule is COCCN1/C(=C/C=C/C(C)C(C)(CCCS(=O)(=O)O)c2cc(S(=O)(=O)O)ccc2C)C(C)(CCCS(=O)(=O)O)c2cc(S(=O)(=O)O)ccc21. The summed E-state index contributed by atoms with van der Waals surface area (Å²) in [5.74, 6) is -1.48. The van der Waals surface area contributed by atoms with Crippen LogP contribution >= 0.6 is 0 Å². The smallest absolute Gasteiger partial charge is 0.294 e. The maximum absolute atomic E-state index is 12.1. The van der Waals surface area contributed by atoms with Gasteiger partial charge in [-0.3, -0.25) is 18.2 Å². The van der Waals surface area contributed by atoms with Crippen molar-refractivity contribution in [1.29, 1.82) is 0 Å². The number of hydrogen-bond acceptors (Lipinski definition) is 10. The van der Waals surface area contributed by atoms with Crippen molar-refractivity contribution in [3.8, 4) is 0 Å². The lowest BCUT2D eigenvalue weighted by Gasteiger charge is -2.37. The molecule has 1 aliphatic rings. The van der Waals surface area contributed by atoms with Crippen molar-refractivity contribution in [1.82, 2.24) is 0 Å². The van der Waals surface area contributed by atoms with Crippen molar-refractivity contribution in [2.75, 3.05) is 36.7 Å². The lowest BCUT2D eigenvalue weighted by molar-refractivity contribution is 0.206. The summed E-state index contributed by atoms with van der Waals surface area (Å²) in [7, 11) is -16.3. The minimum Gasteiger partial charge on any atom is -0.383 e. The average molecular weight is 780 g/mol. The van der Waals surface area contributed by atoms with Gasteiger partial charge < -0.3 is 9.64 Å². The highest BCUT2D eigenvalue weighted by atomic mass is 32.2. The summed E-state index contributed by atoms with van der Waals surface area (Å²) in [5.41, 5.74) is 1.03. The second-order valence-electron chi connectivity index (χ2n) is 13.0. The molecular formula is C32H45NO13S4. The number of methoxy groups -OCH3 is 1. The van der Waals surface area contributed by atoms with Gasteiger partial charge in [-0.15, -0.1) is 0 Å². The van der Waals surface area contributed by atoms with Crippen molar-refractivity contribution in [2.45, 2.75) is 74.0 Å². The zero-order chi connectivity index (χ0) is 37.9. The number of allylic oxidation sites excluding steroid dienone is 4. The molecular weight excluding hydrogens is 735 g/mol. The molecule has 1 aliphatic heterocycles. The van der Waals surface area contributed by atoms with Crippen LogP contribution in [0.25, 0.3) is 0 Å². The number of hydrogen-bond donors (Lipinski definition) is 4. The minimum atomic E-state index is -4.59. The fraction of sp³-hybridized carbons (Fsp3) is 0.500. The number of fused-ring (bicyclic) bond motifs is 1. The van der Waals surface area contributed by atoms with Gasteiger partial charge in [-0.2, -0.15) is 33.7 Å². The molecule has 3 atom stereocenters. The van der Waals surface area contributed by atoms with Gasteiger partial charge in [0.1, 0.15) is 0 Å². The Kier molecular flexibility index (Phi) is 12.9. The Bertz CT molecular complexity index is 2080. The summed E-state index contributed by atoms with van der Waals surface area (Å²) in [6.45, 7) is 7.79. The zero-order valence-corrected chi connectivity index (χ0v) is 31.7. The summed E-state index contributed by atoms with van der Waals surface area (Å²) in [6.07, 6.45) is 5.72. The van der Waals surface area contributed by atoms with Crippen LogP contribution in [-0.2, 0) is 56.0 Å². The predicted octanol–water partition coefficient (Wildman–Crippen LogP) is 4.58. The van der Waals surface area contributed by atoms with E-state index in [-0.39, 0.29) is 42.1 Å².